The van der Waals surface area contributed by atoms with Crippen LogP contribution in [0.2, 0.25) is 5.02 Å². The molecule has 3 aromatic carbocycles. The van der Waals surface area contributed by atoms with E-state index >= 15 is 0 Å². The van der Waals surface area contributed by atoms with E-state index in [0.29, 0.717) is 28.5 Å². The zero-order chi connectivity index (χ0) is 19.8. The summed E-state index contributed by atoms with van der Waals surface area (Å²) < 4.78 is 0. The molecule has 0 bridgehead atoms. The van der Waals surface area contributed by atoms with Crippen LogP contribution in [0.15, 0.2) is 78.9 Å². The van der Waals surface area contributed by atoms with Crippen LogP contribution in [0.3, 0.4) is 0 Å². The molecule has 0 atom stereocenters. The first-order valence-corrected chi connectivity index (χ1v) is 9.20. The van der Waals surface area contributed by atoms with Crippen molar-refractivity contribution < 1.29 is 9.59 Å². The summed E-state index contributed by atoms with van der Waals surface area (Å²) in [6.07, 6.45) is 0. The van der Waals surface area contributed by atoms with Gasteiger partial charge in [0.15, 0.2) is 0 Å². The average Bonchev–Trinajstić information content (AvgIpc) is 2.73. The van der Waals surface area contributed by atoms with Crippen molar-refractivity contribution in [3.05, 3.63) is 95.0 Å². The van der Waals surface area contributed by atoms with Gasteiger partial charge in [0.2, 0.25) is 5.91 Å². The van der Waals surface area contributed by atoms with E-state index in [9.17, 15) is 9.59 Å². The zero-order valence-electron chi connectivity index (χ0n) is 15.1. The third-order valence-corrected chi connectivity index (χ3v) is 4.30. The Bertz CT molecular complexity index is 944. The quantitative estimate of drug-likeness (QED) is 0.559. The van der Waals surface area contributed by atoms with E-state index in [1.165, 1.54) is 0 Å². The summed E-state index contributed by atoms with van der Waals surface area (Å²) in [6.45, 7) is 0.469. The molecular weight excluding hydrogens is 374 g/mol. The number of halogens is 1. The van der Waals surface area contributed by atoms with Crippen LogP contribution in [-0.4, -0.2) is 18.4 Å². The van der Waals surface area contributed by atoms with E-state index in [1.807, 2.05) is 48.5 Å². The highest BCUT2D eigenvalue weighted by Gasteiger charge is 2.12. The summed E-state index contributed by atoms with van der Waals surface area (Å²) in [6, 6.07) is 23.6. The Morgan fingerprint density at radius 3 is 2.25 bits per heavy atom. The fourth-order valence-corrected chi connectivity index (χ4v) is 2.72. The molecule has 0 spiro atoms. The molecular formula is C22H20ClN3O2. The highest BCUT2D eigenvalue weighted by molar-refractivity contribution is 6.30. The zero-order valence-corrected chi connectivity index (χ0v) is 15.9. The highest BCUT2D eigenvalue weighted by Crippen LogP contribution is 2.17. The van der Waals surface area contributed by atoms with Crippen molar-refractivity contribution in [1.82, 2.24) is 5.32 Å². The topological polar surface area (TPSA) is 70.2 Å². The summed E-state index contributed by atoms with van der Waals surface area (Å²) in [5, 5.41) is 9.37. The van der Waals surface area contributed by atoms with E-state index in [4.69, 9.17) is 11.6 Å². The van der Waals surface area contributed by atoms with Gasteiger partial charge >= 0.3 is 0 Å². The molecule has 0 aliphatic carbocycles. The fraction of sp³-hybridized carbons (Fsp3) is 0.0909. The van der Waals surface area contributed by atoms with E-state index in [1.54, 1.807) is 30.3 Å². The van der Waals surface area contributed by atoms with Crippen molar-refractivity contribution in [3.8, 4) is 0 Å². The number of hydrogen-bond donors (Lipinski definition) is 3. The van der Waals surface area contributed by atoms with Gasteiger partial charge in [0.25, 0.3) is 5.91 Å². The molecule has 0 fully saturated rings. The predicted octanol–water partition coefficient (Wildman–Crippen LogP) is 4.32. The average molecular weight is 394 g/mol. The number of hydrogen-bond acceptors (Lipinski definition) is 3. The molecule has 0 radical (unpaired) electrons. The number of para-hydroxylation sites is 2. The van der Waals surface area contributed by atoms with E-state index < -0.39 is 0 Å². The minimum atomic E-state index is -0.240. The molecule has 0 saturated carbocycles. The van der Waals surface area contributed by atoms with Crippen LogP contribution in [0.25, 0.3) is 0 Å². The number of anilines is 2. The molecule has 3 rings (SSSR count). The first-order valence-electron chi connectivity index (χ1n) is 8.82. The smallest absolute Gasteiger partial charge is 0.257 e. The Labute approximate surface area is 168 Å². The lowest BCUT2D eigenvalue weighted by molar-refractivity contribution is -0.119. The lowest BCUT2D eigenvalue weighted by atomic mass is 10.1. The minimum absolute atomic E-state index is 0.0588. The maximum Gasteiger partial charge on any atom is 0.257 e. The summed E-state index contributed by atoms with van der Waals surface area (Å²) in [5.74, 6) is -0.413. The standard InChI is InChI=1S/C22H20ClN3O2/c23-17-12-10-16(11-13-17)14-25-21(27)15-24-20-9-5-4-8-19(20)22(28)26-18-6-2-1-3-7-18/h1-13,24H,14-15H2,(H,25,27)(H,26,28). The van der Waals surface area contributed by atoms with Crippen molar-refractivity contribution >= 4 is 34.8 Å². The molecule has 0 heterocycles. The number of carbonyl (C=O) groups excluding carboxylic acids is 2. The molecule has 3 aromatic rings. The molecule has 0 saturated heterocycles. The molecule has 5 nitrogen and oxygen atoms in total. The van der Waals surface area contributed by atoms with Gasteiger partial charge in [-0.2, -0.15) is 0 Å². The van der Waals surface area contributed by atoms with Crippen LogP contribution in [-0.2, 0) is 11.3 Å². The highest BCUT2D eigenvalue weighted by atomic mass is 35.5. The number of benzene rings is 3. The van der Waals surface area contributed by atoms with Gasteiger partial charge in [-0.3, -0.25) is 9.59 Å². The van der Waals surface area contributed by atoms with Gasteiger partial charge in [-0.1, -0.05) is 54.1 Å². The molecule has 142 valence electrons. The predicted molar refractivity (Wildman–Crippen MR) is 113 cm³/mol. The number of rotatable bonds is 7. The van der Waals surface area contributed by atoms with Gasteiger partial charge < -0.3 is 16.0 Å². The van der Waals surface area contributed by atoms with Crippen LogP contribution in [0.5, 0.6) is 0 Å². The van der Waals surface area contributed by atoms with Crippen LogP contribution < -0.4 is 16.0 Å². The van der Waals surface area contributed by atoms with Crippen molar-refractivity contribution in [3.63, 3.8) is 0 Å². The Morgan fingerprint density at radius 1 is 0.821 bits per heavy atom. The van der Waals surface area contributed by atoms with Gasteiger partial charge in [0.05, 0.1) is 12.1 Å². The van der Waals surface area contributed by atoms with Gasteiger partial charge in [0, 0.05) is 22.9 Å². The maximum atomic E-state index is 12.6. The number of nitrogens with one attached hydrogen (secondary N) is 3. The largest absolute Gasteiger partial charge is 0.376 e. The lowest BCUT2D eigenvalue weighted by Gasteiger charge is -2.12. The molecule has 0 unspecified atom stereocenters. The fourth-order valence-electron chi connectivity index (χ4n) is 2.60. The van der Waals surface area contributed by atoms with Crippen molar-refractivity contribution in [2.75, 3.05) is 17.2 Å². The van der Waals surface area contributed by atoms with Crippen LogP contribution in [0.1, 0.15) is 15.9 Å². The number of carbonyl (C=O) groups is 2. The van der Waals surface area contributed by atoms with E-state index in [-0.39, 0.29) is 18.4 Å². The number of amides is 2. The molecule has 2 amide bonds. The Morgan fingerprint density at radius 2 is 1.50 bits per heavy atom. The third kappa shape index (κ3) is 5.59. The Hall–Kier alpha value is -3.31. The second kappa shape index (κ2) is 9.58. The summed E-state index contributed by atoms with van der Waals surface area (Å²) >= 11 is 5.85. The minimum Gasteiger partial charge on any atom is -0.376 e. The monoisotopic (exact) mass is 393 g/mol. The molecule has 6 heteroatoms. The summed E-state index contributed by atoms with van der Waals surface area (Å²) in [5.41, 5.74) is 2.73. The molecule has 28 heavy (non-hydrogen) atoms. The van der Waals surface area contributed by atoms with Gasteiger partial charge in [-0.15, -0.1) is 0 Å². The lowest BCUT2D eigenvalue weighted by Crippen LogP contribution is -2.30. The third-order valence-electron chi connectivity index (χ3n) is 4.05. The van der Waals surface area contributed by atoms with Crippen molar-refractivity contribution in [1.29, 1.82) is 0 Å². The van der Waals surface area contributed by atoms with Crippen molar-refractivity contribution in [2.24, 2.45) is 0 Å². The normalized spacial score (nSPS) is 10.2. The van der Waals surface area contributed by atoms with Crippen LogP contribution in [0, 0.1) is 0 Å². The Kier molecular flexibility index (Phi) is 6.65. The molecule has 0 aliphatic heterocycles. The SMILES string of the molecule is O=C(CNc1ccccc1C(=O)Nc1ccccc1)NCc1ccc(Cl)cc1. The van der Waals surface area contributed by atoms with Gasteiger partial charge in [-0.25, -0.2) is 0 Å². The maximum absolute atomic E-state index is 12.6. The molecule has 0 aliphatic rings. The molecule has 0 aromatic heterocycles. The van der Waals surface area contributed by atoms with Crippen molar-refractivity contribution in [2.45, 2.75) is 6.54 Å². The van der Waals surface area contributed by atoms with E-state index in [0.717, 1.165) is 5.56 Å². The molecule has 3 N–H and O–H groups in total. The van der Waals surface area contributed by atoms with Crippen LogP contribution >= 0.6 is 11.6 Å². The second-order valence-corrected chi connectivity index (χ2v) is 6.56. The first-order chi connectivity index (χ1) is 13.6. The summed E-state index contributed by atoms with van der Waals surface area (Å²) in [4.78, 5) is 24.7. The van der Waals surface area contributed by atoms with Gasteiger partial charge in [-0.05, 0) is 42.0 Å². The second-order valence-electron chi connectivity index (χ2n) is 6.12. The van der Waals surface area contributed by atoms with E-state index in [2.05, 4.69) is 16.0 Å². The van der Waals surface area contributed by atoms with Gasteiger partial charge in [0.1, 0.15) is 0 Å². The Balaban J connectivity index is 1.56. The van der Waals surface area contributed by atoms with Crippen LogP contribution in [0.4, 0.5) is 11.4 Å². The summed E-state index contributed by atoms with van der Waals surface area (Å²) in [7, 11) is 0. The first kappa shape index (κ1) is 19.5.